The molecule has 10 heteroatoms. The van der Waals surface area contributed by atoms with Crippen LogP contribution in [0.2, 0.25) is 10.0 Å². The molecule has 2 saturated carbocycles. The Morgan fingerprint density at radius 2 is 1.87 bits per heavy atom. The normalized spacial score (nSPS) is 16.9. The summed E-state index contributed by atoms with van der Waals surface area (Å²) in [7, 11) is 0. The second kappa shape index (κ2) is 9.10. The lowest BCUT2D eigenvalue weighted by Crippen LogP contribution is -2.28. The summed E-state index contributed by atoms with van der Waals surface area (Å²) < 4.78 is 17.0. The smallest absolute Gasteiger partial charge is 0.298 e. The third kappa shape index (κ3) is 3.97. The number of carbonyl (C=O) groups excluding carboxylic acids is 2. The van der Waals surface area contributed by atoms with E-state index in [0.29, 0.717) is 45.1 Å². The molecule has 39 heavy (non-hydrogen) atoms. The SMILES string of the molecule is O=COc1cncc(N2C(=O)C3(CC3)c3cc(OCc4c(-c5c(Cl)cccc5Cl)noc4C4CC4)ccc32)c1. The standard InChI is InChI=1S/C29H21Cl2N3O5/c30-22-2-1-3-23(31)25(22)26-20(27(39-33-26)16-4-5-16)14-37-18-6-7-24-21(11-18)29(8-9-29)28(36)34(24)17-10-19(38-15-35)13-32-12-17/h1-3,6-7,10-13,15-16H,4-5,8-9,14H2. The number of nitrogens with zero attached hydrogens (tertiary/aromatic N) is 3. The minimum atomic E-state index is -0.581. The van der Waals surface area contributed by atoms with E-state index in [0.717, 1.165) is 48.3 Å². The minimum absolute atomic E-state index is 0.0228. The molecule has 1 amide bonds. The Morgan fingerprint density at radius 1 is 1.08 bits per heavy atom. The van der Waals surface area contributed by atoms with Gasteiger partial charge in [-0.1, -0.05) is 34.4 Å². The number of aromatic nitrogens is 2. The van der Waals surface area contributed by atoms with E-state index in [4.69, 9.17) is 37.2 Å². The second-order valence-corrected chi connectivity index (χ2v) is 10.8. The molecule has 1 spiro atoms. The largest absolute Gasteiger partial charge is 0.489 e. The van der Waals surface area contributed by atoms with Crippen molar-refractivity contribution in [3.63, 3.8) is 0 Å². The van der Waals surface area contributed by atoms with Crippen LogP contribution in [0.4, 0.5) is 11.4 Å². The molecule has 2 aliphatic carbocycles. The number of halogens is 2. The summed E-state index contributed by atoms with van der Waals surface area (Å²) in [5.41, 5.74) is 3.66. The Labute approximate surface area is 233 Å². The molecule has 1 aliphatic heterocycles. The molecule has 4 aromatic rings. The third-order valence-corrected chi connectivity index (χ3v) is 8.21. The molecule has 0 bridgehead atoms. The highest BCUT2D eigenvalue weighted by Crippen LogP contribution is 2.59. The van der Waals surface area contributed by atoms with Gasteiger partial charge in [-0.3, -0.25) is 19.5 Å². The number of anilines is 2. The average molecular weight is 562 g/mol. The number of amides is 1. The Morgan fingerprint density at radius 3 is 2.59 bits per heavy atom. The molecule has 3 aliphatic rings. The van der Waals surface area contributed by atoms with Gasteiger partial charge in [0.05, 0.1) is 44.8 Å². The number of hydrogen-bond donors (Lipinski definition) is 0. The summed E-state index contributed by atoms with van der Waals surface area (Å²) in [6.45, 7) is 0.548. The van der Waals surface area contributed by atoms with Crippen LogP contribution in [0, 0.1) is 0 Å². The molecule has 7 rings (SSSR count). The number of hydrogen-bond acceptors (Lipinski definition) is 7. The molecule has 2 aromatic heterocycles. The summed E-state index contributed by atoms with van der Waals surface area (Å²) in [5, 5.41) is 5.31. The Kier molecular flexibility index (Phi) is 5.64. The van der Waals surface area contributed by atoms with Crippen LogP contribution in [-0.4, -0.2) is 22.5 Å². The zero-order chi connectivity index (χ0) is 26.7. The van der Waals surface area contributed by atoms with Crippen LogP contribution in [0.5, 0.6) is 11.5 Å². The minimum Gasteiger partial charge on any atom is -0.489 e. The van der Waals surface area contributed by atoms with Gasteiger partial charge >= 0.3 is 0 Å². The molecule has 0 atom stereocenters. The first kappa shape index (κ1) is 24.2. The predicted octanol–water partition coefficient (Wildman–Crippen LogP) is 6.74. The molecule has 0 unspecified atom stereocenters. The number of pyridine rings is 1. The summed E-state index contributed by atoms with van der Waals surface area (Å²) in [4.78, 5) is 30.1. The molecule has 0 radical (unpaired) electrons. The third-order valence-electron chi connectivity index (χ3n) is 7.58. The number of ether oxygens (including phenoxy) is 2. The fourth-order valence-corrected chi connectivity index (χ4v) is 5.92. The average Bonchev–Trinajstić information content (AvgIpc) is 3.86. The first-order valence-electron chi connectivity index (χ1n) is 12.6. The van der Waals surface area contributed by atoms with Crippen LogP contribution in [0.15, 0.2) is 59.4 Å². The Hall–Kier alpha value is -3.88. The van der Waals surface area contributed by atoms with Gasteiger partial charge in [-0.2, -0.15) is 0 Å². The molecule has 2 aromatic carbocycles. The van der Waals surface area contributed by atoms with Gasteiger partial charge in [-0.15, -0.1) is 0 Å². The monoisotopic (exact) mass is 561 g/mol. The zero-order valence-corrected chi connectivity index (χ0v) is 22.0. The van der Waals surface area contributed by atoms with E-state index in [1.807, 2.05) is 18.2 Å². The van der Waals surface area contributed by atoms with Gasteiger partial charge in [0.1, 0.15) is 23.8 Å². The topological polar surface area (TPSA) is 94.8 Å². The molecule has 196 valence electrons. The molecule has 3 heterocycles. The fraction of sp³-hybridized carbons (Fsp3) is 0.241. The van der Waals surface area contributed by atoms with Crippen molar-refractivity contribution in [2.45, 2.75) is 43.6 Å². The van der Waals surface area contributed by atoms with E-state index in [9.17, 15) is 9.59 Å². The molecular weight excluding hydrogens is 541 g/mol. The van der Waals surface area contributed by atoms with Crippen molar-refractivity contribution in [3.05, 3.63) is 81.8 Å². The Bertz CT molecular complexity index is 1620. The maximum atomic E-state index is 13.6. The van der Waals surface area contributed by atoms with Gasteiger partial charge in [0.15, 0.2) is 5.75 Å². The van der Waals surface area contributed by atoms with E-state index in [1.165, 1.54) is 6.20 Å². The van der Waals surface area contributed by atoms with Crippen LogP contribution in [0.3, 0.4) is 0 Å². The van der Waals surface area contributed by atoms with Gasteiger partial charge in [-0.25, -0.2) is 0 Å². The first-order chi connectivity index (χ1) is 19.0. The lowest BCUT2D eigenvalue weighted by atomic mass is 9.98. The van der Waals surface area contributed by atoms with Gasteiger partial charge in [0.25, 0.3) is 6.47 Å². The van der Waals surface area contributed by atoms with Crippen LogP contribution in [0.1, 0.15) is 48.5 Å². The van der Waals surface area contributed by atoms with Crippen molar-refractivity contribution in [2.24, 2.45) is 0 Å². The highest BCUT2D eigenvalue weighted by atomic mass is 35.5. The van der Waals surface area contributed by atoms with Crippen LogP contribution < -0.4 is 14.4 Å². The molecule has 8 nitrogen and oxygen atoms in total. The molecule has 0 saturated heterocycles. The highest BCUT2D eigenvalue weighted by molar-refractivity contribution is 6.39. The first-order valence-corrected chi connectivity index (χ1v) is 13.4. The van der Waals surface area contributed by atoms with Crippen molar-refractivity contribution in [1.29, 1.82) is 0 Å². The van der Waals surface area contributed by atoms with Crippen molar-refractivity contribution in [1.82, 2.24) is 10.1 Å². The van der Waals surface area contributed by atoms with Crippen molar-refractivity contribution < 1.29 is 23.6 Å². The van der Waals surface area contributed by atoms with E-state index in [-0.39, 0.29) is 18.3 Å². The predicted molar refractivity (Wildman–Crippen MR) is 144 cm³/mol. The number of benzene rings is 2. The Balaban J connectivity index is 1.21. The number of carbonyl (C=O) groups is 2. The lowest BCUT2D eigenvalue weighted by Gasteiger charge is -2.18. The van der Waals surface area contributed by atoms with Crippen LogP contribution in [-0.2, 0) is 21.6 Å². The van der Waals surface area contributed by atoms with Gasteiger partial charge in [-0.05, 0) is 61.6 Å². The maximum absolute atomic E-state index is 13.6. The van der Waals surface area contributed by atoms with Crippen molar-refractivity contribution in [3.8, 4) is 22.8 Å². The summed E-state index contributed by atoms with van der Waals surface area (Å²) >= 11 is 13.0. The van der Waals surface area contributed by atoms with Crippen LogP contribution >= 0.6 is 23.2 Å². The van der Waals surface area contributed by atoms with E-state index >= 15 is 0 Å². The van der Waals surface area contributed by atoms with E-state index in [2.05, 4.69) is 10.1 Å². The maximum Gasteiger partial charge on any atom is 0.298 e. The summed E-state index contributed by atoms with van der Waals surface area (Å²) in [5.74, 6) is 1.98. The second-order valence-electron chi connectivity index (χ2n) is 10.0. The lowest BCUT2D eigenvalue weighted by molar-refractivity contribution is -0.121. The van der Waals surface area contributed by atoms with Gasteiger partial charge in [0.2, 0.25) is 5.91 Å². The summed E-state index contributed by atoms with van der Waals surface area (Å²) in [6.07, 6.45) is 6.58. The van der Waals surface area contributed by atoms with Gasteiger partial charge < -0.3 is 14.0 Å². The number of fused-ring (bicyclic) bond motifs is 2. The molecule has 2 fully saturated rings. The fourth-order valence-electron chi connectivity index (χ4n) is 5.34. The number of rotatable bonds is 8. The highest BCUT2D eigenvalue weighted by Gasteiger charge is 2.59. The van der Waals surface area contributed by atoms with Crippen molar-refractivity contribution >= 4 is 47.0 Å². The van der Waals surface area contributed by atoms with Crippen LogP contribution in [0.25, 0.3) is 11.3 Å². The zero-order valence-electron chi connectivity index (χ0n) is 20.5. The molecular formula is C29H21Cl2N3O5. The summed E-state index contributed by atoms with van der Waals surface area (Å²) in [6, 6.07) is 12.6. The van der Waals surface area contributed by atoms with E-state index in [1.54, 1.807) is 35.4 Å². The van der Waals surface area contributed by atoms with Gasteiger partial charge in [0, 0.05) is 17.5 Å². The molecule has 0 N–H and O–H groups in total. The van der Waals surface area contributed by atoms with E-state index < -0.39 is 5.41 Å². The van der Waals surface area contributed by atoms with Crippen molar-refractivity contribution in [2.75, 3.05) is 4.90 Å². The quantitative estimate of drug-likeness (QED) is 0.220.